The monoisotopic (exact) mass is 265 g/mol. The second-order valence-corrected chi connectivity index (χ2v) is 4.85. The lowest BCUT2D eigenvalue weighted by atomic mass is 10.2. The summed E-state index contributed by atoms with van der Waals surface area (Å²) in [4.78, 5) is 4.78. The van der Waals surface area contributed by atoms with Crippen molar-refractivity contribution in [3.8, 4) is 0 Å². The minimum atomic E-state index is 0.625. The molecule has 1 aromatic rings. The first kappa shape index (κ1) is 13.4. The topological polar surface area (TPSA) is 32.5 Å². The molecular weight excluding hydrogens is 246 g/mol. The van der Waals surface area contributed by atoms with Crippen LogP contribution in [0.3, 0.4) is 0 Å². The van der Waals surface area contributed by atoms with E-state index in [0.717, 1.165) is 43.4 Å². The molecule has 0 bridgehead atoms. The van der Waals surface area contributed by atoms with Gasteiger partial charge in [0.25, 0.3) is 0 Å². The van der Waals surface area contributed by atoms with Gasteiger partial charge < -0.3 is 10.6 Å². The zero-order valence-electron chi connectivity index (χ0n) is 10.6. The normalized spacial score (nSPS) is 17.6. The maximum Gasteiger partial charge on any atom is 0.0639 e. The quantitative estimate of drug-likeness (QED) is 0.845. The van der Waals surface area contributed by atoms with Gasteiger partial charge in [-0.25, -0.2) is 0 Å². The molecule has 2 rings (SSSR count). The zero-order chi connectivity index (χ0) is 12.8. The minimum Gasteiger partial charge on any atom is -0.368 e. The molecule has 0 spiro atoms. The molecule has 0 aliphatic carbocycles. The molecule has 1 aromatic carbocycles. The van der Waals surface area contributed by atoms with Crippen LogP contribution in [0.1, 0.15) is 0 Å². The van der Waals surface area contributed by atoms with Crippen molar-refractivity contribution < 1.29 is 0 Å². The predicted octanol–water partition coefficient (Wildman–Crippen LogP) is 1.98. The van der Waals surface area contributed by atoms with E-state index >= 15 is 0 Å². The van der Waals surface area contributed by atoms with Gasteiger partial charge >= 0.3 is 0 Å². The molecule has 2 N–H and O–H groups in total. The fourth-order valence-corrected chi connectivity index (χ4v) is 2.45. The molecule has 3 nitrogen and oxygen atoms in total. The molecule has 1 saturated heterocycles. The Morgan fingerprint density at radius 2 is 1.83 bits per heavy atom. The fourth-order valence-electron chi connectivity index (χ4n) is 2.20. The first-order valence-corrected chi connectivity index (χ1v) is 6.76. The summed E-state index contributed by atoms with van der Waals surface area (Å²) in [5.74, 6) is 0. The Labute approximate surface area is 114 Å². The van der Waals surface area contributed by atoms with Crippen molar-refractivity contribution in [2.45, 2.75) is 0 Å². The molecule has 0 unspecified atom stereocenters. The number of piperazine rings is 1. The highest BCUT2D eigenvalue weighted by Gasteiger charge is 2.17. The van der Waals surface area contributed by atoms with E-state index in [0.29, 0.717) is 6.54 Å². The Hall–Kier alpha value is -1.03. The number of halogens is 1. The van der Waals surface area contributed by atoms with Gasteiger partial charge in [0, 0.05) is 39.3 Å². The van der Waals surface area contributed by atoms with E-state index in [1.54, 1.807) is 0 Å². The number of nitrogens with two attached hydrogens (primary N) is 1. The van der Waals surface area contributed by atoms with Crippen LogP contribution in [0.2, 0.25) is 5.02 Å². The number of hydrogen-bond donors (Lipinski definition) is 1. The first-order valence-electron chi connectivity index (χ1n) is 6.38. The first-order chi connectivity index (χ1) is 8.81. The highest BCUT2D eigenvalue weighted by molar-refractivity contribution is 6.33. The third kappa shape index (κ3) is 3.48. The van der Waals surface area contributed by atoms with Crippen LogP contribution in [0.15, 0.2) is 36.4 Å². The van der Waals surface area contributed by atoms with Crippen molar-refractivity contribution in [3.05, 3.63) is 41.4 Å². The molecule has 0 radical (unpaired) electrons. The largest absolute Gasteiger partial charge is 0.368 e. The summed E-state index contributed by atoms with van der Waals surface area (Å²) in [5, 5.41) is 0.842. The minimum absolute atomic E-state index is 0.625. The average Bonchev–Trinajstić information content (AvgIpc) is 2.41. The van der Waals surface area contributed by atoms with Gasteiger partial charge in [0.1, 0.15) is 0 Å². The van der Waals surface area contributed by atoms with Crippen molar-refractivity contribution in [1.82, 2.24) is 4.90 Å². The number of rotatable bonds is 4. The van der Waals surface area contributed by atoms with Crippen molar-refractivity contribution in [3.63, 3.8) is 0 Å². The van der Waals surface area contributed by atoms with Crippen LogP contribution in [-0.2, 0) is 0 Å². The van der Waals surface area contributed by atoms with Crippen LogP contribution >= 0.6 is 11.6 Å². The molecule has 4 heteroatoms. The van der Waals surface area contributed by atoms with E-state index in [1.165, 1.54) is 0 Å². The average molecular weight is 266 g/mol. The van der Waals surface area contributed by atoms with Crippen molar-refractivity contribution >= 4 is 17.3 Å². The van der Waals surface area contributed by atoms with Crippen LogP contribution in [0.4, 0.5) is 5.69 Å². The van der Waals surface area contributed by atoms with E-state index in [1.807, 2.05) is 24.3 Å². The number of hydrogen-bond acceptors (Lipinski definition) is 3. The molecule has 1 fully saturated rings. The lowest BCUT2D eigenvalue weighted by molar-refractivity contribution is 0.284. The molecule has 98 valence electrons. The molecule has 0 atom stereocenters. The summed E-state index contributed by atoms with van der Waals surface area (Å²) in [6.07, 6.45) is 4.16. The number of para-hydroxylation sites is 1. The van der Waals surface area contributed by atoms with Gasteiger partial charge in [-0.3, -0.25) is 4.90 Å². The summed E-state index contributed by atoms with van der Waals surface area (Å²) in [7, 11) is 0. The van der Waals surface area contributed by atoms with E-state index in [2.05, 4.69) is 21.9 Å². The summed E-state index contributed by atoms with van der Waals surface area (Å²) in [6, 6.07) is 8.05. The summed E-state index contributed by atoms with van der Waals surface area (Å²) >= 11 is 6.22. The third-order valence-corrected chi connectivity index (χ3v) is 3.55. The molecule has 0 aromatic heterocycles. The van der Waals surface area contributed by atoms with Crippen LogP contribution in [0.5, 0.6) is 0 Å². The predicted molar refractivity (Wildman–Crippen MR) is 78.3 cm³/mol. The Bertz CT molecular complexity index is 398. The highest BCUT2D eigenvalue weighted by Crippen LogP contribution is 2.25. The molecule has 1 heterocycles. The Balaban J connectivity index is 1.87. The van der Waals surface area contributed by atoms with Crippen LogP contribution in [-0.4, -0.2) is 44.2 Å². The fraction of sp³-hybridized carbons (Fsp3) is 0.429. The van der Waals surface area contributed by atoms with Crippen molar-refractivity contribution in [2.75, 3.05) is 44.2 Å². The Morgan fingerprint density at radius 3 is 2.50 bits per heavy atom. The number of nitrogens with zero attached hydrogens (tertiary/aromatic N) is 2. The van der Waals surface area contributed by atoms with Gasteiger partial charge in [-0.15, -0.1) is 0 Å². The van der Waals surface area contributed by atoms with Crippen LogP contribution in [0, 0.1) is 0 Å². The number of anilines is 1. The second-order valence-electron chi connectivity index (χ2n) is 4.45. The summed E-state index contributed by atoms with van der Waals surface area (Å²) in [6.45, 7) is 5.81. The highest BCUT2D eigenvalue weighted by atomic mass is 35.5. The Morgan fingerprint density at radius 1 is 1.11 bits per heavy atom. The molecule has 18 heavy (non-hydrogen) atoms. The van der Waals surface area contributed by atoms with Crippen LogP contribution in [0.25, 0.3) is 0 Å². The number of benzene rings is 1. The van der Waals surface area contributed by atoms with Gasteiger partial charge in [0.2, 0.25) is 0 Å². The van der Waals surface area contributed by atoms with Crippen LogP contribution < -0.4 is 10.6 Å². The standard InChI is InChI=1S/C14H20ClN3/c15-13-5-1-2-6-14(13)18-11-9-17(10-12-18)8-4-3-7-16/h1-6H,7-12,16H2/b4-3+. The van der Waals surface area contributed by atoms with E-state index in [4.69, 9.17) is 17.3 Å². The SMILES string of the molecule is NC/C=C/CN1CCN(c2ccccc2Cl)CC1. The molecular formula is C14H20ClN3. The van der Waals surface area contributed by atoms with E-state index in [9.17, 15) is 0 Å². The van der Waals surface area contributed by atoms with E-state index < -0.39 is 0 Å². The summed E-state index contributed by atoms with van der Waals surface area (Å²) < 4.78 is 0. The van der Waals surface area contributed by atoms with Gasteiger partial charge in [0.15, 0.2) is 0 Å². The van der Waals surface area contributed by atoms with Gasteiger partial charge in [0.05, 0.1) is 10.7 Å². The second kappa shape index (κ2) is 6.78. The van der Waals surface area contributed by atoms with Gasteiger partial charge in [-0.1, -0.05) is 35.9 Å². The molecule has 1 aliphatic heterocycles. The van der Waals surface area contributed by atoms with Gasteiger partial charge in [-0.05, 0) is 12.1 Å². The van der Waals surface area contributed by atoms with Gasteiger partial charge in [-0.2, -0.15) is 0 Å². The van der Waals surface area contributed by atoms with Crippen molar-refractivity contribution in [1.29, 1.82) is 0 Å². The summed E-state index contributed by atoms with van der Waals surface area (Å²) in [5.41, 5.74) is 6.58. The maximum atomic E-state index is 6.22. The smallest absolute Gasteiger partial charge is 0.0639 e. The lowest BCUT2D eigenvalue weighted by Gasteiger charge is -2.36. The third-order valence-electron chi connectivity index (χ3n) is 3.23. The molecule has 1 aliphatic rings. The Kier molecular flexibility index (Phi) is 5.05. The lowest BCUT2D eigenvalue weighted by Crippen LogP contribution is -2.46. The molecule has 0 amide bonds. The molecule has 0 saturated carbocycles. The van der Waals surface area contributed by atoms with E-state index in [-0.39, 0.29) is 0 Å². The zero-order valence-corrected chi connectivity index (χ0v) is 11.3. The maximum absolute atomic E-state index is 6.22. The van der Waals surface area contributed by atoms with Crippen molar-refractivity contribution in [2.24, 2.45) is 5.73 Å².